The van der Waals surface area contributed by atoms with Gasteiger partial charge in [-0.2, -0.15) is 10.2 Å². The van der Waals surface area contributed by atoms with Gasteiger partial charge in [-0.3, -0.25) is 9.67 Å². The minimum absolute atomic E-state index is 0.148. The van der Waals surface area contributed by atoms with Gasteiger partial charge in [0.15, 0.2) is 9.84 Å². The Morgan fingerprint density at radius 2 is 1.71 bits per heavy atom. The van der Waals surface area contributed by atoms with Crippen LogP contribution in [0.25, 0.3) is 39.0 Å². The molecule has 0 amide bonds. The summed E-state index contributed by atoms with van der Waals surface area (Å²) >= 11 is 0. The van der Waals surface area contributed by atoms with Gasteiger partial charge in [-0.25, -0.2) is 21.7 Å². The van der Waals surface area contributed by atoms with E-state index in [0.29, 0.717) is 16.8 Å². The molecule has 0 radical (unpaired) electrons. The Morgan fingerprint density at radius 3 is 2.41 bits per heavy atom. The molecule has 172 valence electrons. The highest BCUT2D eigenvalue weighted by atomic mass is 32.2. The van der Waals surface area contributed by atoms with Gasteiger partial charge in [0.1, 0.15) is 11.6 Å². The Morgan fingerprint density at radius 1 is 0.882 bits per heavy atom. The molecule has 0 atom stereocenters. The van der Waals surface area contributed by atoms with E-state index in [4.69, 9.17) is 0 Å². The summed E-state index contributed by atoms with van der Waals surface area (Å²) in [6.07, 6.45) is 8.24. The molecule has 0 unspecified atom stereocenters. The monoisotopic (exact) mass is 479 g/mol. The highest BCUT2D eigenvalue weighted by molar-refractivity contribution is 7.89. The van der Waals surface area contributed by atoms with E-state index < -0.39 is 21.5 Å². The maximum absolute atomic E-state index is 14.5. The van der Waals surface area contributed by atoms with Gasteiger partial charge in [0.05, 0.1) is 35.1 Å². The molecule has 1 aromatic carbocycles. The van der Waals surface area contributed by atoms with Crippen molar-refractivity contribution in [2.75, 3.05) is 6.26 Å². The molecule has 0 aliphatic carbocycles. The maximum Gasteiger partial charge on any atom is 0.153 e. The number of fused-ring (bicyclic) bond motifs is 1. The van der Waals surface area contributed by atoms with Crippen LogP contribution in [0.4, 0.5) is 8.78 Å². The Hall–Kier alpha value is -3.92. The van der Waals surface area contributed by atoms with Crippen molar-refractivity contribution in [2.45, 2.75) is 5.75 Å². The fourth-order valence-electron chi connectivity index (χ4n) is 3.87. The Labute approximate surface area is 194 Å². The highest BCUT2D eigenvalue weighted by Crippen LogP contribution is 2.31. The van der Waals surface area contributed by atoms with E-state index in [2.05, 4.69) is 15.2 Å². The fraction of sp³-hybridized carbons (Fsp3) is 0.125. The lowest BCUT2D eigenvalue weighted by atomic mass is 10.0. The van der Waals surface area contributed by atoms with Crippen LogP contribution < -0.4 is 0 Å². The number of rotatable bonds is 5. The molecule has 0 aliphatic heterocycles. The molecule has 10 heteroatoms. The number of aryl methyl sites for hydroxylation is 1. The van der Waals surface area contributed by atoms with Crippen LogP contribution in [-0.2, 0) is 22.6 Å². The molecule has 34 heavy (non-hydrogen) atoms. The summed E-state index contributed by atoms with van der Waals surface area (Å²) in [4.78, 5) is 4.53. The van der Waals surface area contributed by atoms with Crippen LogP contribution >= 0.6 is 0 Å². The van der Waals surface area contributed by atoms with Crippen LogP contribution in [0.1, 0.15) is 5.69 Å². The molecule has 0 saturated carbocycles. The lowest BCUT2D eigenvalue weighted by molar-refractivity contribution is 0.585. The minimum Gasteiger partial charge on any atom is -0.275 e. The highest BCUT2D eigenvalue weighted by Gasteiger charge is 2.16. The van der Waals surface area contributed by atoms with Crippen molar-refractivity contribution in [2.24, 2.45) is 7.05 Å². The average molecular weight is 480 g/mol. The molecule has 0 spiro atoms. The number of hydrogen-bond acceptors (Lipinski definition) is 5. The van der Waals surface area contributed by atoms with Crippen molar-refractivity contribution < 1.29 is 17.2 Å². The van der Waals surface area contributed by atoms with Gasteiger partial charge in [0.2, 0.25) is 0 Å². The lowest BCUT2D eigenvalue weighted by Gasteiger charge is -2.10. The first-order valence-corrected chi connectivity index (χ1v) is 12.3. The van der Waals surface area contributed by atoms with Crippen molar-refractivity contribution in [3.8, 4) is 33.5 Å². The largest absolute Gasteiger partial charge is 0.275 e. The van der Waals surface area contributed by atoms with E-state index in [1.54, 1.807) is 27.7 Å². The van der Waals surface area contributed by atoms with E-state index in [0.717, 1.165) is 35.0 Å². The third kappa shape index (κ3) is 4.32. The topological polar surface area (TPSA) is 82.1 Å². The van der Waals surface area contributed by atoms with Crippen molar-refractivity contribution >= 4 is 15.4 Å². The van der Waals surface area contributed by atoms with Crippen molar-refractivity contribution in [3.63, 3.8) is 0 Å². The first-order chi connectivity index (χ1) is 16.2. The molecule has 0 N–H and O–H groups in total. The number of aromatic nitrogens is 5. The number of benzene rings is 1. The molecule has 4 heterocycles. The minimum atomic E-state index is -3.40. The first-order valence-electron chi connectivity index (χ1n) is 10.3. The molecule has 7 nitrogen and oxygen atoms in total. The summed E-state index contributed by atoms with van der Waals surface area (Å²) in [6, 6.07) is 10.2. The third-order valence-corrected chi connectivity index (χ3v) is 6.18. The van der Waals surface area contributed by atoms with Crippen LogP contribution in [0.2, 0.25) is 0 Å². The summed E-state index contributed by atoms with van der Waals surface area (Å²) in [7, 11) is -1.56. The Bertz CT molecular complexity index is 1660. The second-order valence-corrected chi connectivity index (χ2v) is 10.3. The van der Waals surface area contributed by atoms with E-state index in [9.17, 15) is 17.2 Å². The average Bonchev–Trinajstić information content (AvgIpc) is 3.38. The molecule has 0 fully saturated rings. The smallest absolute Gasteiger partial charge is 0.153 e. The molecule has 0 saturated heterocycles. The number of nitrogens with zero attached hydrogens (tertiary/aromatic N) is 5. The van der Waals surface area contributed by atoms with Gasteiger partial charge in [-0.05, 0) is 35.9 Å². The normalized spacial score (nSPS) is 11.9. The zero-order valence-electron chi connectivity index (χ0n) is 18.3. The second kappa shape index (κ2) is 8.14. The van der Waals surface area contributed by atoms with E-state index >= 15 is 0 Å². The van der Waals surface area contributed by atoms with E-state index in [-0.39, 0.29) is 17.0 Å². The van der Waals surface area contributed by atoms with Gasteiger partial charge in [0.25, 0.3) is 0 Å². The second-order valence-electron chi connectivity index (χ2n) is 8.14. The number of pyridine rings is 2. The van der Waals surface area contributed by atoms with Crippen LogP contribution in [0, 0.1) is 11.6 Å². The molecule has 5 rings (SSSR count). The molecular formula is C24H19F2N5O2S. The number of halogens is 2. The summed E-state index contributed by atoms with van der Waals surface area (Å²) in [5, 5.41) is 8.62. The summed E-state index contributed by atoms with van der Waals surface area (Å²) in [6.45, 7) is 0. The maximum atomic E-state index is 14.5. The number of sulfone groups is 1. The van der Waals surface area contributed by atoms with Gasteiger partial charge in [0, 0.05) is 54.0 Å². The predicted molar refractivity (Wildman–Crippen MR) is 125 cm³/mol. The SMILES string of the molecule is Cn1cc(-c2ccc3c(-c4cc(-c5ccc(F)cc5F)cc(CS(C)(=O)=O)n4)cnn3c2)cn1. The quantitative estimate of drug-likeness (QED) is 0.376. The van der Waals surface area contributed by atoms with Crippen molar-refractivity contribution in [1.82, 2.24) is 24.4 Å². The molecule has 4 aromatic heterocycles. The van der Waals surface area contributed by atoms with Crippen LogP contribution in [0.3, 0.4) is 0 Å². The number of hydrogen-bond donors (Lipinski definition) is 0. The van der Waals surface area contributed by atoms with Crippen LogP contribution in [-0.4, -0.2) is 39.1 Å². The molecule has 5 aromatic rings. The van der Waals surface area contributed by atoms with E-state index in [1.165, 1.54) is 12.1 Å². The summed E-state index contributed by atoms with van der Waals surface area (Å²) < 4.78 is 55.3. The van der Waals surface area contributed by atoms with Gasteiger partial charge in [-0.1, -0.05) is 6.07 Å². The predicted octanol–water partition coefficient (Wildman–Crippen LogP) is 4.29. The fourth-order valence-corrected chi connectivity index (χ4v) is 4.56. The zero-order chi connectivity index (χ0) is 24.0. The molecule has 0 aliphatic rings. The molecule has 0 bridgehead atoms. The molecular weight excluding hydrogens is 460 g/mol. The van der Waals surface area contributed by atoms with Gasteiger partial charge >= 0.3 is 0 Å². The van der Waals surface area contributed by atoms with Crippen molar-refractivity contribution in [3.05, 3.63) is 84.6 Å². The Balaban J connectivity index is 1.65. The Kier molecular flexibility index (Phi) is 5.24. The standard InChI is InChI=1S/C24H19F2N5O2S/c1-30-12-17(10-27-30)15-3-6-24-21(11-28-31(24)13-15)23-8-16(7-19(29-23)14-34(2,32)33)20-5-4-18(25)9-22(20)26/h3-13H,14H2,1-2H3. The van der Waals surface area contributed by atoms with Crippen LogP contribution in [0.15, 0.2) is 67.3 Å². The van der Waals surface area contributed by atoms with Crippen molar-refractivity contribution in [1.29, 1.82) is 0 Å². The first kappa shape index (κ1) is 21.9. The lowest BCUT2D eigenvalue weighted by Crippen LogP contribution is -2.04. The zero-order valence-corrected chi connectivity index (χ0v) is 19.1. The van der Waals surface area contributed by atoms with E-state index in [1.807, 2.05) is 31.6 Å². The van der Waals surface area contributed by atoms with Gasteiger partial charge < -0.3 is 0 Å². The van der Waals surface area contributed by atoms with Crippen LogP contribution in [0.5, 0.6) is 0 Å². The van der Waals surface area contributed by atoms with Gasteiger partial charge in [-0.15, -0.1) is 0 Å². The summed E-state index contributed by atoms with van der Waals surface area (Å²) in [5.41, 5.74) is 4.47. The third-order valence-electron chi connectivity index (χ3n) is 5.36. The summed E-state index contributed by atoms with van der Waals surface area (Å²) in [5.74, 6) is -1.76.